The molecule has 0 amide bonds. The van der Waals surface area contributed by atoms with Crippen LogP contribution in [-0.2, 0) is 9.59 Å². The number of benzene rings is 2. The number of anilines is 2. The van der Waals surface area contributed by atoms with Crippen LogP contribution in [0, 0.1) is 11.3 Å². The smallest absolute Gasteiger partial charge is 0.322 e. The van der Waals surface area contributed by atoms with Crippen molar-refractivity contribution in [3.63, 3.8) is 0 Å². The average Bonchev–Trinajstić information content (AvgIpc) is 2.60. The molecule has 0 bridgehead atoms. The molecule has 0 unspecified atom stereocenters. The number of para-hydroxylation sites is 2. The summed E-state index contributed by atoms with van der Waals surface area (Å²) in [6, 6.07) is 18.0. The number of aliphatic carboxylic acids is 2. The molecule has 0 aliphatic carbocycles. The molecule has 7 nitrogen and oxygen atoms in total. The number of nitrogens with zero attached hydrogens (tertiary/aromatic N) is 1. The van der Waals surface area contributed by atoms with E-state index in [0.29, 0.717) is 11.3 Å². The maximum atomic E-state index is 10.2. The van der Waals surface area contributed by atoms with E-state index in [1.807, 2.05) is 36.4 Å². The van der Waals surface area contributed by atoms with Gasteiger partial charge in [-0.15, -0.1) is 0 Å². The zero-order valence-electron chi connectivity index (χ0n) is 12.8. The Morgan fingerprint density at radius 2 is 1.42 bits per heavy atom. The van der Waals surface area contributed by atoms with Crippen LogP contribution in [0.5, 0.6) is 0 Å². The minimum absolute atomic E-state index is 0.0377. The Balaban J connectivity index is 0.000000243. The first-order valence-electron chi connectivity index (χ1n) is 6.98. The van der Waals surface area contributed by atoms with Crippen molar-refractivity contribution in [1.29, 1.82) is 5.26 Å². The molecule has 24 heavy (non-hydrogen) atoms. The molecular formula is C17H17N3O4. The molecule has 0 saturated carbocycles. The van der Waals surface area contributed by atoms with E-state index in [9.17, 15) is 9.59 Å². The summed E-state index contributed by atoms with van der Waals surface area (Å²) in [4.78, 5) is 20.3. The van der Waals surface area contributed by atoms with Crippen molar-refractivity contribution in [3.05, 3.63) is 60.2 Å². The van der Waals surface area contributed by atoms with E-state index < -0.39 is 11.9 Å². The minimum atomic E-state index is -0.951. The van der Waals surface area contributed by atoms with Crippen LogP contribution in [0.1, 0.15) is 5.56 Å². The van der Waals surface area contributed by atoms with Crippen LogP contribution in [-0.4, -0.2) is 35.2 Å². The highest BCUT2D eigenvalue weighted by Crippen LogP contribution is 2.12. The Hall–Kier alpha value is -3.53. The second kappa shape index (κ2) is 10.2. The van der Waals surface area contributed by atoms with Crippen LogP contribution in [0.25, 0.3) is 0 Å². The number of carboxylic acids is 2. The van der Waals surface area contributed by atoms with Crippen molar-refractivity contribution >= 4 is 23.3 Å². The maximum Gasteiger partial charge on any atom is 0.322 e. The average molecular weight is 327 g/mol. The largest absolute Gasteiger partial charge is 0.480 e. The van der Waals surface area contributed by atoms with Crippen LogP contribution in [0.2, 0.25) is 0 Å². The number of nitriles is 1. The Labute approximate surface area is 139 Å². The summed E-state index contributed by atoms with van der Waals surface area (Å²) < 4.78 is 0. The van der Waals surface area contributed by atoms with Crippen molar-refractivity contribution in [1.82, 2.24) is 0 Å². The first-order valence-corrected chi connectivity index (χ1v) is 6.98. The Kier molecular flexibility index (Phi) is 7.90. The molecule has 0 aliphatic rings. The molecule has 0 fully saturated rings. The second-order valence-corrected chi connectivity index (χ2v) is 4.52. The summed E-state index contributed by atoms with van der Waals surface area (Å²) in [5, 5.41) is 30.7. The predicted molar refractivity (Wildman–Crippen MR) is 89.9 cm³/mol. The number of carboxylic acid groups (broad SMARTS) is 2. The fourth-order valence-corrected chi connectivity index (χ4v) is 1.64. The van der Waals surface area contributed by atoms with Gasteiger partial charge in [-0.05, 0) is 24.3 Å². The topological polar surface area (TPSA) is 122 Å². The molecule has 0 spiro atoms. The molecule has 2 aromatic rings. The first-order chi connectivity index (χ1) is 11.5. The van der Waals surface area contributed by atoms with Gasteiger partial charge in [0.25, 0.3) is 0 Å². The lowest BCUT2D eigenvalue weighted by Gasteiger charge is -2.03. The van der Waals surface area contributed by atoms with Crippen molar-refractivity contribution in [2.24, 2.45) is 0 Å². The van der Waals surface area contributed by atoms with Crippen LogP contribution in [0.15, 0.2) is 54.6 Å². The fourth-order valence-electron chi connectivity index (χ4n) is 1.64. The third-order valence-corrected chi connectivity index (χ3v) is 2.70. The van der Waals surface area contributed by atoms with Crippen LogP contribution in [0.3, 0.4) is 0 Å². The van der Waals surface area contributed by atoms with Crippen LogP contribution < -0.4 is 10.6 Å². The minimum Gasteiger partial charge on any atom is -0.480 e. The molecule has 0 aliphatic heterocycles. The molecule has 0 saturated heterocycles. The van der Waals surface area contributed by atoms with Crippen molar-refractivity contribution in [2.45, 2.75) is 0 Å². The van der Waals surface area contributed by atoms with E-state index in [4.69, 9.17) is 15.5 Å². The van der Waals surface area contributed by atoms with Gasteiger partial charge < -0.3 is 20.8 Å². The summed E-state index contributed by atoms with van der Waals surface area (Å²) in [5.41, 5.74) is 1.83. The molecule has 0 aromatic heterocycles. The van der Waals surface area contributed by atoms with Gasteiger partial charge in [-0.25, -0.2) is 0 Å². The standard InChI is InChI=1S/C9H8N2O2.C8H9NO2/c10-5-7-3-1-2-4-8(7)11-6-9(12)13;10-8(11)6-9-7-4-2-1-3-5-7/h1-4,11H,6H2,(H,12,13);1-5,9H,6H2,(H,10,11). The van der Waals surface area contributed by atoms with E-state index in [1.165, 1.54) is 0 Å². The van der Waals surface area contributed by atoms with Gasteiger partial charge in [0.2, 0.25) is 0 Å². The van der Waals surface area contributed by atoms with E-state index in [-0.39, 0.29) is 13.1 Å². The lowest BCUT2D eigenvalue weighted by molar-refractivity contribution is -0.135. The molecule has 4 N–H and O–H groups in total. The highest BCUT2D eigenvalue weighted by molar-refractivity contribution is 5.74. The molecule has 7 heteroatoms. The van der Waals surface area contributed by atoms with Gasteiger partial charge in [-0.3, -0.25) is 9.59 Å². The Bertz CT molecular complexity index is 711. The molecule has 124 valence electrons. The van der Waals surface area contributed by atoms with Gasteiger partial charge in [0, 0.05) is 5.69 Å². The van der Waals surface area contributed by atoms with Crippen LogP contribution in [0.4, 0.5) is 11.4 Å². The van der Waals surface area contributed by atoms with E-state index in [2.05, 4.69) is 10.6 Å². The van der Waals surface area contributed by atoms with Crippen molar-refractivity contribution in [3.8, 4) is 6.07 Å². The van der Waals surface area contributed by atoms with Gasteiger partial charge >= 0.3 is 11.9 Å². The Morgan fingerprint density at radius 3 is 2.00 bits per heavy atom. The number of nitrogens with one attached hydrogen (secondary N) is 2. The zero-order valence-corrected chi connectivity index (χ0v) is 12.8. The molecule has 2 rings (SSSR count). The normalized spacial score (nSPS) is 8.96. The van der Waals surface area contributed by atoms with Gasteiger partial charge in [0.1, 0.15) is 19.2 Å². The third kappa shape index (κ3) is 7.47. The van der Waals surface area contributed by atoms with Crippen LogP contribution >= 0.6 is 0 Å². The molecule has 0 atom stereocenters. The number of carbonyl (C=O) groups is 2. The van der Waals surface area contributed by atoms with Gasteiger partial charge in [-0.2, -0.15) is 5.26 Å². The highest BCUT2D eigenvalue weighted by atomic mass is 16.4. The van der Waals surface area contributed by atoms with E-state index >= 15 is 0 Å². The number of rotatable bonds is 6. The number of hydrogen-bond acceptors (Lipinski definition) is 5. The highest BCUT2D eigenvalue weighted by Gasteiger charge is 2.01. The third-order valence-electron chi connectivity index (χ3n) is 2.70. The summed E-state index contributed by atoms with van der Waals surface area (Å²) in [5.74, 6) is -1.80. The summed E-state index contributed by atoms with van der Waals surface area (Å²) in [6.45, 7) is -0.220. The lowest BCUT2D eigenvalue weighted by atomic mass is 10.2. The first kappa shape index (κ1) is 18.5. The molecule has 2 aromatic carbocycles. The number of hydrogen-bond donors (Lipinski definition) is 4. The summed E-state index contributed by atoms with van der Waals surface area (Å²) >= 11 is 0. The van der Waals surface area contributed by atoms with Gasteiger partial charge in [0.05, 0.1) is 11.3 Å². The fraction of sp³-hybridized carbons (Fsp3) is 0.118. The Morgan fingerprint density at radius 1 is 0.875 bits per heavy atom. The SMILES string of the molecule is N#Cc1ccccc1NCC(=O)O.O=C(O)CNc1ccccc1. The lowest BCUT2D eigenvalue weighted by Crippen LogP contribution is -2.12. The van der Waals surface area contributed by atoms with E-state index in [1.54, 1.807) is 24.3 Å². The molecular weight excluding hydrogens is 310 g/mol. The zero-order chi connectivity index (χ0) is 17.8. The monoisotopic (exact) mass is 327 g/mol. The predicted octanol–water partition coefficient (Wildman–Crippen LogP) is 2.24. The molecule has 0 radical (unpaired) electrons. The van der Waals surface area contributed by atoms with E-state index in [0.717, 1.165) is 5.69 Å². The molecule has 0 heterocycles. The van der Waals surface area contributed by atoms with Gasteiger partial charge in [0.15, 0.2) is 0 Å². The second-order valence-electron chi connectivity index (χ2n) is 4.52. The van der Waals surface area contributed by atoms with Crippen molar-refractivity contribution < 1.29 is 19.8 Å². The summed E-state index contributed by atoms with van der Waals surface area (Å²) in [6.07, 6.45) is 0. The quantitative estimate of drug-likeness (QED) is 0.641. The van der Waals surface area contributed by atoms with Crippen molar-refractivity contribution in [2.75, 3.05) is 23.7 Å². The maximum absolute atomic E-state index is 10.2. The summed E-state index contributed by atoms with van der Waals surface area (Å²) in [7, 11) is 0. The van der Waals surface area contributed by atoms with Gasteiger partial charge in [-0.1, -0.05) is 30.3 Å².